The number of para-hydroxylation sites is 1. The van der Waals surface area contributed by atoms with Crippen LogP contribution >= 0.6 is 11.3 Å². The predicted octanol–water partition coefficient (Wildman–Crippen LogP) is 2.57. The van der Waals surface area contributed by atoms with Gasteiger partial charge in [0.2, 0.25) is 11.8 Å². The first-order chi connectivity index (χ1) is 10.2. The number of nitrogen functional groups attached to an aromatic ring is 1. The molecule has 6 nitrogen and oxygen atoms in total. The zero-order valence-corrected chi connectivity index (χ0v) is 12.1. The molecular formula is C14H14N4O2S. The normalized spacial score (nSPS) is 10.8. The number of nitrogens with one attached hydrogen (secondary N) is 1. The lowest BCUT2D eigenvalue weighted by atomic mass is 10.2. The molecule has 3 rings (SSSR count). The van der Waals surface area contributed by atoms with Crippen molar-refractivity contribution < 1.29 is 9.84 Å². The molecule has 0 unspecified atom stereocenters. The van der Waals surface area contributed by atoms with E-state index in [9.17, 15) is 5.11 Å². The first kappa shape index (κ1) is 13.7. The van der Waals surface area contributed by atoms with Gasteiger partial charge in [-0.2, -0.15) is 4.98 Å². The molecule has 0 aliphatic rings. The average molecular weight is 302 g/mol. The zero-order chi connectivity index (χ0) is 14.8. The number of fused-ring (bicyclic) bond motifs is 1. The number of aliphatic hydroxyl groups excluding tert-OH is 1. The third-order valence-corrected chi connectivity index (χ3v) is 3.90. The van der Waals surface area contributed by atoms with Gasteiger partial charge in [0.1, 0.15) is 10.6 Å². The van der Waals surface area contributed by atoms with Crippen LogP contribution in [0, 0.1) is 6.92 Å². The number of hydrazine groups is 1. The monoisotopic (exact) mass is 302 g/mol. The Morgan fingerprint density at radius 1 is 1.33 bits per heavy atom. The molecule has 0 saturated heterocycles. The van der Waals surface area contributed by atoms with Crippen LogP contribution in [0.1, 0.15) is 10.4 Å². The van der Waals surface area contributed by atoms with Crippen LogP contribution in [0.3, 0.4) is 0 Å². The van der Waals surface area contributed by atoms with Crippen LogP contribution in [-0.4, -0.2) is 15.1 Å². The van der Waals surface area contributed by atoms with E-state index in [1.165, 1.54) is 0 Å². The fraction of sp³-hybridized carbons (Fsp3) is 0.143. The Morgan fingerprint density at radius 3 is 2.90 bits per heavy atom. The number of benzene rings is 1. The quantitative estimate of drug-likeness (QED) is 0.506. The maximum atomic E-state index is 9.37. The second-order valence-electron chi connectivity index (χ2n) is 4.44. The van der Waals surface area contributed by atoms with Crippen molar-refractivity contribution in [2.45, 2.75) is 13.5 Å². The Balaban J connectivity index is 2.10. The second kappa shape index (κ2) is 5.65. The van der Waals surface area contributed by atoms with Gasteiger partial charge in [-0.15, -0.1) is 11.3 Å². The Labute approximate surface area is 125 Å². The summed E-state index contributed by atoms with van der Waals surface area (Å²) in [7, 11) is 0. The molecule has 0 amide bonds. The summed E-state index contributed by atoms with van der Waals surface area (Å²) < 4.78 is 5.87. The highest BCUT2D eigenvalue weighted by molar-refractivity contribution is 7.18. The highest BCUT2D eigenvalue weighted by atomic mass is 32.1. The molecule has 108 valence electrons. The molecule has 0 aliphatic heterocycles. The Morgan fingerprint density at radius 2 is 2.14 bits per heavy atom. The van der Waals surface area contributed by atoms with E-state index in [1.54, 1.807) is 23.5 Å². The van der Waals surface area contributed by atoms with Crippen LogP contribution in [0.25, 0.3) is 10.2 Å². The lowest BCUT2D eigenvalue weighted by molar-refractivity contribution is 0.276. The number of ether oxygens (including phenoxy) is 1. The number of anilines is 1. The number of nitrogens with two attached hydrogens (primary N) is 1. The van der Waals surface area contributed by atoms with Gasteiger partial charge < -0.3 is 9.84 Å². The third-order valence-electron chi connectivity index (χ3n) is 2.96. The lowest BCUT2D eigenvalue weighted by Gasteiger charge is -2.10. The summed E-state index contributed by atoms with van der Waals surface area (Å²) in [5.74, 6) is 6.67. The van der Waals surface area contributed by atoms with Gasteiger partial charge in [-0.05, 0) is 19.1 Å². The van der Waals surface area contributed by atoms with E-state index in [2.05, 4.69) is 15.4 Å². The molecule has 3 aromatic rings. The van der Waals surface area contributed by atoms with Gasteiger partial charge in [0.15, 0.2) is 0 Å². The number of aromatic nitrogens is 2. The molecule has 4 N–H and O–H groups in total. The number of hydrogen-bond donors (Lipinski definition) is 3. The van der Waals surface area contributed by atoms with Crippen molar-refractivity contribution in [1.29, 1.82) is 0 Å². The van der Waals surface area contributed by atoms with E-state index >= 15 is 0 Å². The number of aryl methyl sites for hydroxylation is 1. The highest BCUT2D eigenvalue weighted by Gasteiger charge is 2.13. The molecule has 0 atom stereocenters. The standard InChI is InChI=1S/C14H14N4O2S/c1-8-6-10-12(16-14(18-15)17-13(10)21-8)20-11-5-3-2-4-9(11)7-19/h2-6,19H,7,15H2,1H3,(H,16,17,18). The summed E-state index contributed by atoms with van der Waals surface area (Å²) in [5.41, 5.74) is 3.13. The number of hydrogen-bond acceptors (Lipinski definition) is 7. The minimum atomic E-state index is -0.102. The summed E-state index contributed by atoms with van der Waals surface area (Å²) in [6.07, 6.45) is 0. The van der Waals surface area contributed by atoms with Crippen molar-refractivity contribution in [2.75, 3.05) is 5.43 Å². The molecule has 0 aliphatic carbocycles. The summed E-state index contributed by atoms with van der Waals surface area (Å²) in [5, 5.41) is 10.2. The van der Waals surface area contributed by atoms with Crippen LogP contribution in [0.15, 0.2) is 30.3 Å². The summed E-state index contributed by atoms with van der Waals surface area (Å²) in [4.78, 5) is 10.5. The van der Waals surface area contributed by atoms with Crippen molar-refractivity contribution in [1.82, 2.24) is 9.97 Å². The number of rotatable bonds is 4. The predicted molar refractivity (Wildman–Crippen MR) is 82.4 cm³/mol. The van der Waals surface area contributed by atoms with Crippen LogP contribution in [0.2, 0.25) is 0 Å². The topological polar surface area (TPSA) is 93.3 Å². The molecular weight excluding hydrogens is 288 g/mol. The van der Waals surface area contributed by atoms with E-state index in [1.807, 2.05) is 25.1 Å². The molecule has 0 bridgehead atoms. The van der Waals surface area contributed by atoms with Crippen molar-refractivity contribution in [3.63, 3.8) is 0 Å². The van der Waals surface area contributed by atoms with Crippen LogP contribution < -0.4 is 16.0 Å². The SMILES string of the molecule is Cc1cc2c(Oc3ccccc3CO)nc(NN)nc2s1. The van der Waals surface area contributed by atoms with Gasteiger partial charge in [0, 0.05) is 10.4 Å². The molecule has 2 heterocycles. The second-order valence-corrected chi connectivity index (χ2v) is 5.68. The minimum Gasteiger partial charge on any atom is -0.438 e. The van der Waals surface area contributed by atoms with E-state index < -0.39 is 0 Å². The fourth-order valence-corrected chi connectivity index (χ4v) is 2.87. The van der Waals surface area contributed by atoms with Gasteiger partial charge in [-0.1, -0.05) is 18.2 Å². The van der Waals surface area contributed by atoms with Gasteiger partial charge in [0.25, 0.3) is 0 Å². The average Bonchev–Trinajstić information content (AvgIpc) is 2.88. The van der Waals surface area contributed by atoms with E-state index in [4.69, 9.17) is 10.6 Å². The van der Waals surface area contributed by atoms with Crippen LogP contribution in [-0.2, 0) is 6.61 Å². The molecule has 0 radical (unpaired) electrons. The Bertz CT molecular complexity index is 788. The number of aliphatic hydroxyl groups is 1. The third kappa shape index (κ3) is 2.66. The smallest absolute Gasteiger partial charge is 0.241 e. The molecule has 2 aromatic heterocycles. The van der Waals surface area contributed by atoms with Crippen LogP contribution in [0.5, 0.6) is 11.6 Å². The summed E-state index contributed by atoms with van der Waals surface area (Å²) >= 11 is 1.54. The highest BCUT2D eigenvalue weighted by Crippen LogP contribution is 2.34. The van der Waals surface area contributed by atoms with E-state index in [0.29, 0.717) is 23.1 Å². The number of thiophene rings is 1. The maximum absolute atomic E-state index is 9.37. The van der Waals surface area contributed by atoms with Gasteiger partial charge in [-0.25, -0.2) is 10.8 Å². The van der Waals surface area contributed by atoms with E-state index in [0.717, 1.165) is 15.1 Å². The van der Waals surface area contributed by atoms with Gasteiger partial charge in [0.05, 0.1) is 12.0 Å². The summed E-state index contributed by atoms with van der Waals surface area (Å²) in [6, 6.07) is 9.24. The molecule has 21 heavy (non-hydrogen) atoms. The molecule has 0 spiro atoms. The zero-order valence-electron chi connectivity index (χ0n) is 11.3. The van der Waals surface area contributed by atoms with Crippen molar-refractivity contribution in [3.8, 4) is 11.6 Å². The van der Waals surface area contributed by atoms with Crippen molar-refractivity contribution in [2.24, 2.45) is 5.84 Å². The molecule has 0 saturated carbocycles. The number of nitrogens with zero attached hydrogens (tertiary/aromatic N) is 2. The van der Waals surface area contributed by atoms with Crippen molar-refractivity contribution in [3.05, 3.63) is 40.8 Å². The first-order valence-corrected chi connectivity index (χ1v) is 7.14. The molecule has 7 heteroatoms. The lowest BCUT2D eigenvalue weighted by Crippen LogP contribution is -2.10. The van der Waals surface area contributed by atoms with Crippen molar-refractivity contribution >= 4 is 27.5 Å². The molecule has 0 fully saturated rings. The Hall–Kier alpha value is -2.22. The minimum absolute atomic E-state index is 0.102. The maximum Gasteiger partial charge on any atom is 0.241 e. The Kier molecular flexibility index (Phi) is 3.70. The first-order valence-electron chi connectivity index (χ1n) is 6.32. The largest absolute Gasteiger partial charge is 0.438 e. The molecule has 1 aromatic carbocycles. The summed E-state index contributed by atoms with van der Waals surface area (Å²) in [6.45, 7) is 1.89. The van der Waals surface area contributed by atoms with Crippen LogP contribution in [0.4, 0.5) is 5.95 Å². The van der Waals surface area contributed by atoms with E-state index in [-0.39, 0.29) is 6.61 Å². The van der Waals surface area contributed by atoms with Gasteiger partial charge in [-0.3, -0.25) is 5.43 Å². The van der Waals surface area contributed by atoms with Gasteiger partial charge >= 0.3 is 0 Å². The fourth-order valence-electron chi connectivity index (χ4n) is 2.00.